The van der Waals surface area contributed by atoms with E-state index in [4.69, 9.17) is 0 Å². The molecule has 2 amide bonds. The van der Waals surface area contributed by atoms with Gasteiger partial charge in [-0.2, -0.15) is 0 Å². The van der Waals surface area contributed by atoms with Crippen molar-refractivity contribution in [3.8, 4) is 0 Å². The molecule has 0 aliphatic carbocycles. The number of benzene rings is 2. The molecule has 3 aromatic rings. The zero-order valence-corrected chi connectivity index (χ0v) is 23.4. The number of fused-ring (bicyclic) bond motifs is 1. The van der Waals surface area contributed by atoms with E-state index in [1.807, 2.05) is 23.1 Å². The second-order valence-corrected chi connectivity index (χ2v) is 10.9. The Bertz CT molecular complexity index is 1270. The predicted molar refractivity (Wildman–Crippen MR) is 161 cm³/mol. The summed E-state index contributed by atoms with van der Waals surface area (Å²) < 4.78 is 0. The highest BCUT2D eigenvalue weighted by molar-refractivity contribution is 6.06. The molecule has 1 saturated heterocycles. The predicted octanol–water partition coefficient (Wildman–Crippen LogP) is 5.70. The molecule has 2 N–H and O–H groups in total. The molecule has 2 aromatic carbocycles. The van der Waals surface area contributed by atoms with Crippen LogP contribution in [0, 0.1) is 0 Å². The van der Waals surface area contributed by atoms with Crippen molar-refractivity contribution < 1.29 is 9.59 Å². The summed E-state index contributed by atoms with van der Waals surface area (Å²) in [6, 6.07) is 17.7. The van der Waals surface area contributed by atoms with Crippen molar-refractivity contribution in [3.63, 3.8) is 0 Å². The molecule has 210 valence electrons. The largest absolute Gasteiger partial charge is 0.372 e. The first kappa shape index (κ1) is 27.8. The Morgan fingerprint density at radius 1 is 0.800 bits per heavy atom. The number of hydrogen-bond acceptors (Lipinski definition) is 5. The van der Waals surface area contributed by atoms with Gasteiger partial charge in [-0.25, -0.2) is 0 Å². The van der Waals surface area contributed by atoms with Crippen molar-refractivity contribution >= 4 is 23.2 Å². The quantitative estimate of drug-likeness (QED) is 0.435. The van der Waals surface area contributed by atoms with Crippen LogP contribution in [-0.4, -0.2) is 43.0 Å². The van der Waals surface area contributed by atoms with Crippen LogP contribution in [0.3, 0.4) is 0 Å². The van der Waals surface area contributed by atoms with Gasteiger partial charge in [-0.1, -0.05) is 31.4 Å². The summed E-state index contributed by atoms with van der Waals surface area (Å²) >= 11 is 0. The van der Waals surface area contributed by atoms with E-state index >= 15 is 0 Å². The summed E-state index contributed by atoms with van der Waals surface area (Å²) in [6.07, 6.45) is 12.6. The van der Waals surface area contributed by atoms with E-state index in [0.29, 0.717) is 30.8 Å². The lowest BCUT2D eigenvalue weighted by atomic mass is 10.0. The van der Waals surface area contributed by atoms with Crippen LogP contribution >= 0.6 is 0 Å². The molecule has 0 unspecified atom stereocenters. The number of pyridine rings is 1. The van der Waals surface area contributed by atoms with E-state index in [2.05, 4.69) is 44.8 Å². The minimum absolute atomic E-state index is 0.0356. The molecule has 0 atom stereocenters. The fourth-order valence-corrected chi connectivity index (χ4v) is 5.69. The van der Waals surface area contributed by atoms with Gasteiger partial charge in [-0.15, -0.1) is 0 Å². The van der Waals surface area contributed by atoms with Crippen LogP contribution in [-0.2, 0) is 13.1 Å². The molecule has 0 spiro atoms. The van der Waals surface area contributed by atoms with Gasteiger partial charge in [0.15, 0.2) is 0 Å². The Morgan fingerprint density at radius 3 is 2.40 bits per heavy atom. The third-order valence-electron chi connectivity index (χ3n) is 7.94. The summed E-state index contributed by atoms with van der Waals surface area (Å²) in [6.45, 7) is 4.84. The maximum Gasteiger partial charge on any atom is 0.258 e. The van der Waals surface area contributed by atoms with E-state index in [0.717, 1.165) is 55.7 Å². The van der Waals surface area contributed by atoms with Gasteiger partial charge in [-0.05, 0) is 92.2 Å². The van der Waals surface area contributed by atoms with Crippen molar-refractivity contribution in [2.45, 2.75) is 64.5 Å². The van der Waals surface area contributed by atoms with Crippen LogP contribution < -0.4 is 20.4 Å². The molecule has 0 bridgehead atoms. The lowest BCUT2D eigenvalue weighted by Gasteiger charge is -2.29. The van der Waals surface area contributed by atoms with E-state index < -0.39 is 0 Å². The molecule has 7 nitrogen and oxygen atoms in total. The van der Waals surface area contributed by atoms with Crippen LogP contribution in [0.25, 0.3) is 0 Å². The average Bonchev–Trinajstić information content (AvgIpc) is 3.01. The number of carbonyl (C=O) groups is 2. The van der Waals surface area contributed by atoms with Crippen molar-refractivity contribution in [2.24, 2.45) is 0 Å². The highest BCUT2D eigenvalue weighted by atomic mass is 16.2. The summed E-state index contributed by atoms with van der Waals surface area (Å²) in [5.41, 5.74) is 5.38. The van der Waals surface area contributed by atoms with E-state index in [9.17, 15) is 9.59 Å². The number of carbonyl (C=O) groups excluding carboxylic acids is 2. The molecule has 2 aliphatic heterocycles. The Labute approximate surface area is 238 Å². The number of piperidine rings is 1. The Morgan fingerprint density at radius 2 is 1.55 bits per heavy atom. The summed E-state index contributed by atoms with van der Waals surface area (Å²) in [5, 5.41) is 6.65. The standard InChI is InChI=1S/C33H41N5O2/c39-32(36-24-26-10-9-11-30(22-26)37-19-6-4-7-20-37)28-12-13-31-29(23-28)25-35-16-5-2-1-3-8-21-38(31)33(40)27-14-17-34-18-15-27/h9-15,17-18,22-23,35H,1-8,16,19-21,24-25H2,(H,36,39). The molecule has 3 heterocycles. The van der Waals surface area contributed by atoms with Crippen LogP contribution in [0.4, 0.5) is 11.4 Å². The van der Waals surface area contributed by atoms with Gasteiger partial charge in [0.05, 0.1) is 0 Å². The second kappa shape index (κ2) is 14.1. The zero-order chi connectivity index (χ0) is 27.6. The fraction of sp³-hybridized carbons (Fsp3) is 0.424. The topological polar surface area (TPSA) is 77.6 Å². The Balaban J connectivity index is 1.34. The molecule has 0 radical (unpaired) electrons. The minimum atomic E-state index is -0.107. The molecular weight excluding hydrogens is 498 g/mol. The van der Waals surface area contributed by atoms with E-state index in [-0.39, 0.29) is 11.8 Å². The van der Waals surface area contributed by atoms with Gasteiger partial charge in [0.25, 0.3) is 11.8 Å². The van der Waals surface area contributed by atoms with Gasteiger partial charge < -0.3 is 20.4 Å². The SMILES string of the molecule is O=C(NCc1cccc(N2CCCCC2)c1)c1ccc2c(c1)CNCCCCCCCN2C(=O)c1ccncc1. The Kier molecular flexibility index (Phi) is 9.80. The number of anilines is 2. The summed E-state index contributed by atoms with van der Waals surface area (Å²) in [7, 11) is 0. The number of hydrogen-bond donors (Lipinski definition) is 2. The Hall–Kier alpha value is -3.71. The average molecular weight is 540 g/mol. The highest BCUT2D eigenvalue weighted by Gasteiger charge is 2.22. The van der Waals surface area contributed by atoms with Gasteiger partial charge in [0.2, 0.25) is 0 Å². The third-order valence-corrected chi connectivity index (χ3v) is 7.94. The number of aromatic nitrogens is 1. The lowest BCUT2D eigenvalue weighted by Crippen LogP contribution is -2.34. The molecule has 1 fully saturated rings. The number of nitrogens with one attached hydrogen (secondary N) is 2. The minimum Gasteiger partial charge on any atom is -0.372 e. The normalized spacial score (nSPS) is 16.8. The molecule has 2 aliphatic rings. The van der Waals surface area contributed by atoms with E-state index in [1.165, 1.54) is 37.8 Å². The third kappa shape index (κ3) is 7.27. The number of rotatable bonds is 5. The maximum absolute atomic E-state index is 13.6. The molecule has 1 aromatic heterocycles. The van der Waals surface area contributed by atoms with Gasteiger partial charge in [0, 0.05) is 67.6 Å². The second-order valence-electron chi connectivity index (χ2n) is 10.9. The molecule has 0 saturated carbocycles. The van der Waals surface area contributed by atoms with Crippen LogP contribution in [0.2, 0.25) is 0 Å². The smallest absolute Gasteiger partial charge is 0.258 e. The summed E-state index contributed by atoms with van der Waals surface area (Å²) in [4.78, 5) is 35.3. The van der Waals surface area contributed by atoms with Crippen molar-refractivity contribution in [1.29, 1.82) is 0 Å². The van der Waals surface area contributed by atoms with Gasteiger partial charge in [-0.3, -0.25) is 14.6 Å². The van der Waals surface area contributed by atoms with Crippen LogP contribution in [0.1, 0.15) is 83.2 Å². The summed E-state index contributed by atoms with van der Waals surface area (Å²) in [5.74, 6) is -0.143. The first-order chi connectivity index (χ1) is 19.7. The van der Waals surface area contributed by atoms with Crippen molar-refractivity contribution in [2.75, 3.05) is 36.0 Å². The van der Waals surface area contributed by atoms with E-state index in [1.54, 1.807) is 24.5 Å². The van der Waals surface area contributed by atoms with Crippen LogP contribution in [0.15, 0.2) is 67.0 Å². The molecule has 5 rings (SSSR count). The first-order valence-electron chi connectivity index (χ1n) is 14.9. The highest BCUT2D eigenvalue weighted by Crippen LogP contribution is 2.26. The number of amides is 2. The van der Waals surface area contributed by atoms with Crippen molar-refractivity contribution in [1.82, 2.24) is 15.6 Å². The monoisotopic (exact) mass is 539 g/mol. The molecule has 40 heavy (non-hydrogen) atoms. The number of nitrogens with zero attached hydrogens (tertiary/aromatic N) is 3. The van der Waals surface area contributed by atoms with Gasteiger partial charge in [0.1, 0.15) is 0 Å². The fourth-order valence-electron chi connectivity index (χ4n) is 5.69. The van der Waals surface area contributed by atoms with Crippen molar-refractivity contribution in [3.05, 3.63) is 89.2 Å². The maximum atomic E-state index is 13.6. The zero-order valence-electron chi connectivity index (χ0n) is 23.4. The first-order valence-corrected chi connectivity index (χ1v) is 14.9. The molecular formula is C33H41N5O2. The lowest BCUT2D eigenvalue weighted by molar-refractivity contribution is 0.0949. The van der Waals surface area contributed by atoms with Crippen LogP contribution in [0.5, 0.6) is 0 Å². The van der Waals surface area contributed by atoms with Gasteiger partial charge >= 0.3 is 0 Å². The molecule has 7 heteroatoms.